The number of benzene rings is 2. The molecule has 0 saturated heterocycles. The third-order valence-electron chi connectivity index (χ3n) is 4.14. The van der Waals surface area contributed by atoms with Crippen LogP contribution in [-0.2, 0) is 11.3 Å². The highest BCUT2D eigenvalue weighted by Crippen LogP contribution is 2.21. The fourth-order valence-electron chi connectivity index (χ4n) is 2.67. The second-order valence-electron chi connectivity index (χ2n) is 6.00. The molecular weight excluding hydrogens is 300 g/mol. The predicted molar refractivity (Wildman–Crippen MR) is 96.6 cm³/mol. The van der Waals surface area contributed by atoms with Crippen LogP contribution < -0.4 is 10.5 Å². The van der Waals surface area contributed by atoms with E-state index in [1.165, 1.54) is 0 Å². The van der Waals surface area contributed by atoms with Gasteiger partial charge in [-0.25, -0.2) is 0 Å². The molecule has 0 bridgehead atoms. The van der Waals surface area contributed by atoms with Crippen molar-refractivity contribution in [2.75, 3.05) is 13.7 Å². The van der Waals surface area contributed by atoms with Crippen molar-refractivity contribution >= 4 is 5.91 Å². The van der Waals surface area contributed by atoms with Gasteiger partial charge >= 0.3 is 0 Å². The maximum absolute atomic E-state index is 12.7. The Kier molecular flexibility index (Phi) is 6.38. The number of hydrogen-bond donors (Lipinski definition) is 1. The summed E-state index contributed by atoms with van der Waals surface area (Å²) in [6, 6.07) is 17.3. The van der Waals surface area contributed by atoms with Gasteiger partial charge in [0.2, 0.25) is 5.91 Å². The summed E-state index contributed by atoms with van der Waals surface area (Å²) in [4.78, 5) is 14.4. The molecule has 1 amide bonds. The lowest BCUT2D eigenvalue weighted by Gasteiger charge is -2.25. The summed E-state index contributed by atoms with van der Waals surface area (Å²) < 4.78 is 5.43. The van der Waals surface area contributed by atoms with E-state index < -0.39 is 0 Å². The lowest BCUT2D eigenvalue weighted by atomic mass is 9.94. The number of rotatable bonds is 7. The zero-order valence-electron chi connectivity index (χ0n) is 14.6. The third-order valence-corrected chi connectivity index (χ3v) is 4.14. The monoisotopic (exact) mass is 326 g/mol. The molecule has 2 atom stereocenters. The molecule has 0 radical (unpaired) electrons. The minimum Gasteiger partial charge on any atom is -0.494 e. The Balaban J connectivity index is 1.98. The number of nitrogens with zero attached hydrogens (tertiary/aromatic N) is 1. The van der Waals surface area contributed by atoms with Gasteiger partial charge in [-0.3, -0.25) is 4.79 Å². The number of amides is 1. The van der Waals surface area contributed by atoms with Gasteiger partial charge in [-0.15, -0.1) is 0 Å². The summed E-state index contributed by atoms with van der Waals surface area (Å²) in [7, 11) is 1.81. The van der Waals surface area contributed by atoms with E-state index in [4.69, 9.17) is 10.5 Å². The van der Waals surface area contributed by atoms with Gasteiger partial charge < -0.3 is 15.4 Å². The maximum atomic E-state index is 12.7. The minimum atomic E-state index is -0.304. The zero-order valence-corrected chi connectivity index (χ0v) is 14.6. The smallest absolute Gasteiger partial charge is 0.227 e. The molecule has 2 rings (SSSR count). The third kappa shape index (κ3) is 4.59. The Hall–Kier alpha value is -2.33. The van der Waals surface area contributed by atoms with E-state index in [2.05, 4.69) is 0 Å². The average Bonchev–Trinajstić information content (AvgIpc) is 2.62. The fourth-order valence-corrected chi connectivity index (χ4v) is 2.67. The van der Waals surface area contributed by atoms with Gasteiger partial charge in [0.1, 0.15) is 5.75 Å². The Morgan fingerprint density at radius 1 is 1.12 bits per heavy atom. The molecule has 0 saturated carbocycles. The van der Waals surface area contributed by atoms with Crippen molar-refractivity contribution in [3.63, 3.8) is 0 Å². The van der Waals surface area contributed by atoms with Crippen molar-refractivity contribution in [3.05, 3.63) is 65.7 Å². The maximum Gasteiger partial charge on any atom is 0.227 e. The molecule has 2 N–H and O–H groups in total. The summed E-state index contributed by atoms with van der Waals surface area (Å²) in [6.07, 6.45) is 0. The molecule has 2 unspecified atom stereocenters. The summed E-state index contributed by atoms with van der Waals surface area (Å²) >= 11 is 0. The molecule has 0 aliphatic rings. The number of carbonyl (C=O) groups is 1. The molecule has 4 nitrogen and oxygen atoms in total. The van der Waals surface area contributed by atoms with Crippen molar-refractivity contribution in [1.29, 1.82) is 0 Å². The number of nitrogens with two attached hydrogens (primary N) is 1. The van der Waals surface area contributed by atoms with E-state index in [1.807, 2.05) is 75.5 Å². The van der Waals surface area contributed by atoms with E-state index in [0.717, 1.165) is 16.9 Å². The topological polar surface area (TPSA) is 55.6 Å². The van der Waals surface area contributed by atoms with Gasteiger partial charge in [-0.1, -0.05) is 49.4 Å². The first kappa shape index (κ1) is 18.0. The van der Waals surface area contributed by atoms with Crippen LogP contribution in [0.15, 0.2) is 54.6 Å². The molecule has 0 aliphatic carbocycles. The van der Waals surface area contributed by atoms with E-state index >= 15 is 0 Å². The molecule has 4 heteroatoms. The van der Waals surface area contributed by atoms with Crippen molar-refractivity contribution < 1.29 is 9.53 Å². The van der Waals surface area contributed by atoms with Crippen LogP contribution in [-0.4, -0.2) is 24.5 Å². The molecule has 2 aromatic rings. The quantitative estimate of drug-likeness (QED) is 0.848. The van der Waals surface area contributed by atoms with Gasteiger partial charge in [-0.05, 0) is 30.2 Å². The fraction of sp³-hybridized carbons (Fsp3) is 0.350. The molecule has 0 fully saturated rings. The van der Waals surface area contributed by atoms with Crippen LogP contribution in [0.2, 0.25) is 0 Å². The van der Waals surface area contributed by atoms with Gasteiger partial charge in [0.15, 0.2) is 0 Å². The van der Waals surface area contributed by atoms with Crippen molar-refractivity contribution in [3.8, 4) is 5.75 Å². The van der Waals surface area contributed by atoms with Gasteiger partial charge in [-0.2, -0.15) is 0 Å². The zero-order chi connectivity index (χ0) is 17.5. The highest BCUT2D eigenvalue weighted by molar-refractivity contribution is 5.79. The Labute approximate surface area is 144 Å². The molecule has 128 valence electrons. The summed E-state index contributed by atoms with van der Waals surface area (Å²) in [5.74, 6) is 0.607. The largest absolute Gasteiger partial charge is 0.494 e. The molecule has 0 heterocycles. The van der Waals surface area contributed by atoms with Crippen molar-refractivity contribution in [2.45, 2.75) is 26.4 Å². The first-order valence-electron chi connectivity index (χ1n) is 8.30. The second-order valence-corrected chi connectivity index (χ2v) is 6.00. The Bertz CT molecular complexity index is 640. The van der Waals surface area contributed by atoms with Crippen LogP contribution in [0.25, 0.3) is 0 Å². The van der Waals surface area contributed by atoms with Crippen molar-refractivity contribution in [2.24, 2.45) is 11.7 Å². The molecule has 0 aliphatic heterocycles. The SMILES string of the molecule is CCOc1ccc(CN(C)C(=O)C(C)C(N)c2ccccc2)cc1. The average molecular weight is 326 g/mol. The highest BCUT2D eigenvalue weighted by Gasteiger charge is 2.24. The standard InChI is InChI=1S/C20H26N2O2/c1-4-24-18-12-10-16(11-13-18)14-22(3)20(23)15(2)19(21)17-8-6-5-7-9-17/h5-13,15,19H,4,14,21H2,1-3H3. The van der Waals surface area contributed by atoms with Crippen LogP contribution in [0.3, 0.4) is 0 Å². The van der Waals surface area contributed by atoms with E-state index in [-0.39, 0.29) is 17.9 Å². The van der Waals surface area contributed by atoms with E-state index in [0.29, 0.717) is 13.2 Å². The number of carbonyl (C=O) groups excluding carboxylic acids is 1. The van der Waals surface area contributed by atoms with Crippen LogP contribution >= 0.6 is 0 Å². The summed E-state index contributed by atoms with van der Waals surface area (Å²) in [5, 5.41) is 0. The van der Waals surface area contributed by atoms with Crippen molar-refractivity contribution in [1.82, 2.24) is 4.90 Å². The van der Waals surface area contributed by atoms with E-state index in [1.54, 1.807) is 4.90 Å². The molecule has 2 aromatic carbocycles. The lowest BCUT2D eigenvalue weighted by Crippen LogP contribution is -2.36. The van der Waals surface area contributed by atoms with Crippen LogP contribution in [0.1, 0.15) is 31.0 Å². The van der Waals surface area contributed by atoms with Crippen LogP contribution in [0.5, 0.6) is 5.75 Å². The summed E-state index contributed by atoms with van der Waals surface area (Å²) in [6.45, 7) is 5.04. The van der Waals surface area contributed by atoms with Crippen LogP contribution in [0, 0.1) is 5.92 Å². The number of hydrogen-bond acceptors (Lipinski definition) is 3. The Morgan fingerprint density at radius 3 is 2.33 bits per heavy atom. The Morgan fingerprint density at radius 2 is 1.75 bits per heavy atom. The first-order chi connectivity index (χ1) is 11.5. The second kappa shape index (κ2) is 8.50. The molecule has 24 heavy (non-hydrogen) atoms. The normalized spacial score (nSPS) is 13.2. The summed E-state index contributed by atoms with van der Waals surface area (Å²) in [5.41, 5.74) is 8.30. The van der Waals surface area contributed by atoms with Gasteiger partial charge in [0.25, 0.3) is 0 Å². The molecule has 0 spiro atoms. The minimum absolute atomic E-state index is 0.0419. The highest BCUT2D eigenvalue weighted by atomic mass is 16.5. The number of ether oxygens (including phenoxy) is 1. The lowest BCUT2D eigenvalue weighted by molar-refractivity contribution is -0.134. The van der Waals surface area contributed by atoms with Gasteiger partial charge in [0, 0.05) is 19.6 Å². The molecular formula is C20H26N2O2. The van der Waals surface area contributed by atoms with E-state index in [9.17, 15) is 4.79 Å². The van der Waals surface area contributed by atoms with Gasteiger partial charge in [0.05, 0.1) is 12.5 Å². The molecule has 0 aromatic heterocycles. The predicted octanol–water partition coefficient (Wildman–Crippen LogP) is 3.38. The van der Waals surface area contributed by atoms with Crippen LogP contribution in [0.4, 0.5) is 0 Å². The first-order valence-corrected chi connectivity index (χ1v) is 8.30.